The third-order valence-electron chi connectivity index (χ3n) is 4.04. The molecule has 0 saturated heterocycles. The van der Waals surface area contributed by atoms with Crippen LogP contribution >= 0.6 is 0 Å². The van der Waals surface area contributed by atoms with Crippen LogP contribution < -0.4 is 5.69 Å². The molecule has 0 fully saturated rings. The normalized spacial score (nSPS) is 11.0. The van der Waals surface area contributed by atoms with Gasteiger partial charge in [0.25, 0.3) is 0 Å². The summed E-state index contributed by atoms with van der Waals surface area (Å²) in [7, 11) is 0. The standard InChI is InChI=1S/C18H13F2N5O/c19-15-3-6-17(20)13(7-15)10-25-18(26)24(11-23-25)16-4-1-12(2-5-16)14-8-21-22-9-14/h1-9,11H,10H2,(H,21,22). The Morgan fingerprint density at radius 1 is 1.04 bits per heavy atom. The average Bonchev–Trinajstić information content (AvgIpc) is 3.29. The first-order valence-electron chi connectivity index (χ1n) is 7.80. The highest BCUT2D eigenvalue weighted by Crippen LogP contribution is 2.19. The Morgan fingerprint density at radius 3 is 2.58 bits per heavy atom. The topological polar surface area (TPSA) is 68.5 Å². The second-order valence-electron chi connectivity index (χ2n) is 5.71. The van der Waals surface area contributed by atoms with Crippen LogP contribution in [0.3, 0.4) is 0 Å². The Morgan fingerprint density at radius 2 is 1.85 bits per heavy atom. The lowest BCUT2D eigenvalue weighted by atomic mass is 10.1. The number of aromatic nitrogens is 5. The summed E-state index contributed by atoms with van der Waals surface area (Å²) >= 11 is 0. The maximum absolute atomic E-state index is 13.8. The van der Waals surface area contributed by atoms with Crippen molar-refractivity contribution in [1.82, 2.24) is 24.5 Å². The predicted octanol–water partition coefficient (Wildman–Crippen LogP) is 2.75. The molecule has 0 aliphatic carbocycles. The first-order chi connectivity index (χ1) is 12.6. The highest BCUT2D eigenvalue weighted by molar-refractivity contribution is 5.62. The molecule has 6 nitrogen and oxygen atoms in total. The zero-order valence-electron chi connectivity index (χ0n) is 13.4. The van der Waals surface area contributed by atoms with E-state index in [1.54, 1.807) is 24.5 Å². The van der Waals surface area contributed by atoms with E-state index in [9.17, 15) is 13.6 Å². The summed E-state index contributed by atoms with van der Waals surface area (Å²) in [6.07, 6.45) is 4.83. The molecule has 130 valence electrons. The van der Waals surface area contributed by atoms with E-state index in [2.05, 4.69) is 15.3 Å². The number of H-pyrrole nitrogens is 1. The molecule has 2 aromatic carbocycles. The number of halogens is 2. The summed E-state index contributed by atoms with van der Waals surface area (Å²) in [5.74, 6) is -1.15. The van der Waals surface area contributed by atoms with E-state index in [-0.39, 0.29) is 12.1 Å². The van der Waals surface area contributed by atoms with E-state index in [4.69, 9.17) is 0 Å². The van der Waals surface area contributed by atoms with Gasteiger partial charge in [0.1, 0.15) is 18.0 Å². The van der Waals surface area contributed by atoms with Gasteiger partial charge in [-0.15, -0.1) is 0 Å². The molecule has 4 aromatic rings. The molecular formula is C18H13F2N5O. The minimum Gasteiger partial charge on any atom is -0.285 e. The lowest BCUT2D eigenvalue weighted by Crippen LogP contribution is -2.24. The average molecular weight is 353 g/mol. The lowest BCUT2D eigenvalue weighted by molar-refractivity contribution is 0.560. The monoisotopic (exact) mass is 353 g/mol. The summed E-state index contributed by atoms with van der Waals surface area (Å²) in [6.45, 7) is -0.150. The number of aromatic amines is 1. The Balaban J connectivity index is 1.63. The molecule has 0 aliphatic rings. The van der Waals surface area contributed by atoms with Gasteiger partial charge in [0.15, 0.2) is 0 Å². The van der Waals surface area contributed by atoms with Gasteiger partial charge in [-0.1, -0.05) is 12.1 Å². The fourth-order valence-electron chi connectivity index (χ4n) is 2.67. The van der Waals surface area contributed by atoms with Gasteiger partial charge in [0.2, 0.25) is 0 Å². The Labute approximate surface area is 146 Å². The Kier molecular flexibility index (Phi) is 3.92. The highest BCUT2D eigenvalue weighted by Gasteiger charge is 2.11. The van der Waals surface area contributed by atoms with Gasteiger partial charge in [-0.05, 0) is 35.9 Å². The second-order valence-corrected chi connectivity index (χ2v) is 5.71. The van der Waals surface area contributed by atoms with E-state index in [0.717, 1.165) is 34.0 Å². The van der Waals surface area contributed by atoms with Crippen molar-refractivity contribution in [3.05, 3.63) is 88.9 Å². The van der Waals surface area contributed by atoms with Crippen LogP contribution in [0.25, 0.3) is 16.8 Å². The molecule has 1 N–H and O–H groups in total. The SMILES string of the molecule is O=c1n(-c2ccc(-c3cn[nH]c3)cc2)cnn1Cc1cc(F)ccc1F. The number of nitrogens with zero attached hydrogens (tertiary/aromatic N) is 4. The fourth-order valence-corrected chi connectivity index (χ4v) is 2.67. The van der Waals surface area contributed by atoms with Crippen LogP contribution in [0, 0.1) is 11.6 Å². The molecule has 0 unspecified atom stereocenters. The Bertz CT molecular complexity index is 1100. The number of benzene rings is 2. The number of hydrogen-bond donors (Lipinski definition) is 1. The molecule has 0 aliphatic heterocycles. The first kappa shape index (κ1) is 15.9. The number of nitrogens with one attached hydrogen (secondary N) is 1. The molecule has 0 saturated carbocycles. The minimum absolute atomic E-state index is 0.0626. The van der Waals surface area contributed by atoms with Gasteiger partial charge < -0.3 is 0 Å². The van der Waals surface area contributed by atoms with Crippen LogP contribution in [0.2, 0.25) is 0 Å². The zero-order chi connectivity index (χ0) is 18.1. The quantitative estimate of drug-likeness (QED) is 0.613. The molecule has 0 atom stereocenters. The maximum Gasteiger partial charge on any atom is 0.350 e. The van der Waals surface area contributed by atoms with Crippen molar-refractivity contribution in [3.63, 3.8) is 0 Å². The van der Waals surface area contributed by atoms with Crippen LogP contribution in [0.5, 0.6) is 0 Å². The smallest absolute Gasteiger partial charge is 0.285 e. The Hall–Kier alpha value is -3.55. The summed E-state index contributed by atoms with van der Waals surface area (Å²) in [4.78, 5) is 12.5. The summed E-state index contributed by atoms with van der Waals surface area (Å²) in [5.41, 5.74) is 2.12. The number of rotatable bonds is 4. The molecule has 0 radical (unpaired) electrons. The van der Waals surface area contributed by atoms with E-state index in [1.807, 2.05) is 12.1 Å². The van der Waals surface area contributed by atoms with Crippen molar-refractivity contribution in [2.45, 2.75) is 6.54 Å². The van der Waals surface area contributed by atoms with Crippen molar-refractivity contribution >= 4 is 0 Å². The predicted molar refractivity (Wildman–Crippen MR) is 90.9 cm³/mol. The van der Waals surface area contributed by atoms with Gasteiger partial charge in [-0.3, -0.25) is 5.10 Å². The van der Waals surface area contributed by atoms with Crippen LogP contribution in [0.1, 0.15) is 5.56 Å². The van der Waals surface area contributed by atoms with Gasteiger partial charge in [0.05, 0.1) is 18.4 Å². The van der Waals surface area contributed by atoms with E-state index in [1.165, 1.54) is 10.9 Å². The van der Waals surface area contributed by atoms with Crippen molar-refractivity contribution in [2.24, 2.45) is 0 Å². The van der Waals surface area contributed by atoms with Crippen molar-refractivity contribution in [2.75, 3.05) is 0 Å². The van der Waals surface area contributed by atoms with Crippen LogP contribution in [-0.4, -0.2) is 24.5 Å². The molecule has 4 rings (SSSR count). The van der Waals surface area contributed by atoms with E-state index in [0.29, 0.717) is 5.69 Å². The molecule has 8 heteroatoms. The van der Waals surface area contributed by atoms with Gasteiger partial charge in [-0.2, -0.15) is 10.2 Å². The summed E-state index contributed by atoms with van der Waals surface area (Å²) < 4.78 is 29.5. The van der Waals surface area contributed by atoms with Crippen molar-refractivity contribution in [3.8, 4) is 16.8 Å². The lowest BCUT2D eigenvalue weighted by Gasteiger charge is -2.04. The molecule has 0 bridgehead atoms. The molecule has 0 amide bonds. The summed E-state index contributed by atoms with van der Waals surface area (Å²) in [6, 6.07) is 10.4. The van der Waals surface area contributed by atoms with Gasteiger partial charge in [0, 0.05) is 17.3 Å². The fraction of sp³-hybridized carbons (Fsp3) is 0.0556. The van der Waals surface area contributed by atoms with Crippen molar-refractivity contribution < 1.29 is 8.78 Å². The molecule has 2 heterocycles. The third kappa shape index (κ3) is 2.92. The zero-order valence-corrected chi connectivity index (χ0v) is 13.4. The highest BCUT2D eigenvalue weighted by atomic mass is 19.1. The molecule has 26 heavy (non-hydrogen) atoms. The summed E-state index contributed by atoms with van der Waals surface area (Å²) in [5, 5.41) is 10.6. The van der Waals surface area contributed by atoms with Crippen LogP contribution in [0.4, 0.5) is 8.78 Å². The van der Waals surface area contributed by atoms with E-state index >= 15 is 0 Å². The number of hydrogen-bond acceptors (Lipinski definition) is 3. The molecular weight excluding hydrogens is 340 g/mol. The third-order valence-corrected chi connectivity index (χ3v) is 4.04. The minimum atomic E-state index is -0.586. The second kappa shape index (κ2) is 6.40. The maximum atomic E-state index is 13.8. The van der Waals surface area contributed by atoms with Crippen LogP contribution in [-0.2, 0) is 6.54 Å². The molecule has 0 spiro atoms. The van der Waals surface area contributed by atoms with Gasteiger partial charge in [-0.25, -0.2) is 22.8 Å². The van der Waals surface area contributed by atoms with E-state index < -0.39 is 17.3 Å². The largest absolute Gasteiger partial charge is 0.350 e. The molecule has 2 aromatic heterocycles. The van der Waals surface area contributed by atoms with Gasteiger partial charge >= 0.3 is 5.69 Å². The first-order valence-corrected chi connectivity index (χ1v) is 7.80. The van der Waals surface area contributed by atoms with Crippen LogP contribution in [0.15, 0.2) is 66.0 Å². The van der Waals surface area contributed by atoms with Crippen molar-refractivity contribution in [1.29, 1.82) is 0 Å².